The zero-order valence-corrected chi connectivity index (χ0v) is 16.7. The van der Waals surface area contributed by atoms with Gasteiger partial charge in [-0.1, -0.05) is 35.6 Å². The summed E-state index contributed by atoms with van der Waals surface area (Å²) in [5.74, 6) is 1.90. The highest BCUT2D eigenvalue weighted by atomic mass is 32.1. The van der Waals surface area contributed by atoms with Crippen LogP contribution in [0.2, 0.25) is 0 Å². The first-order valence-electron chi connectivity index (χ1n) is 9.74. The minimum Gasteiger partial charge on any atom is -0.492 e. The van der Waals surface area contributed by atoms with Crippen molar-refractivity contribution in [2.45, 2.75) is 19.0 Å². The fourth-order valence-corrected chi connectivity index (χ4v) is 5.20. The molecule has 4 aromatic heterocycles. The Balaban J connectivity index is 1.43. The molecule has 1 aliphatic rings. The standard InChI is InChI=1S/C22H18N4O3S/c27-21-19(30-22-23-20(24-26(21)22)17-8-4-12-29-17)18(16-7-3-11-28-16)25-10-9-14-5-1-2-6-15(14)13-25/h1-8,11-12,18,27H,9-10,13H2. The summed E-state index contributed by atoms with van der Waals surface area (Å²) in [5, 5.41) is 15.5. The van der Waals surface area contributed by atoms with E-state index in [0.717, 1.165) is 30.1 Å². The van der Waals surface area contributed by atoms with E-state index in [2.05, 4.69) is 39.2 Å². The van der Waals surface area contributed by atoms with E-state index in [1.54, 1.807) is 24.7 Å². The van der Waals surface area contributed by atoms with Crippen LogP contribution in [-0.2, 0) is 13.0 Å². The van der Waals surface area contributed by atoms with Gasteiger partial charge in [0, 0.05) is 13.1 Å². The molecule has 1 unspecified atom stereocenters. The Morgan fingerprint density at radius 3 is 2.60 bits per heavy atom. The molecule has 0 spiro atoms. The minimum absolute atomic E-state index is 0.0839. The summed E-state index contributed by atoms with van der Waals surface area (Å²) in [7, 11) is 0. The molecule has 6 rings (SSSR count). The fourth-order valence-electron chi connectivity index (χ4n) is 4.10. The van der Waals surface area contributed by atoms with Crippen molar-refractivity contribution in [2.24, 2.45) is 0 Å². The number of rotatable bonds is 4. The second-order valence-electron chi connectivity index (χ2n) is 7.30. The summed E-state index contributed by atoms with van der Waals surface area (Å²) in [6.45, 7) is 1.65. The fraction of sp³-hybridized carbons (Fsp3) is 0.182. The molecule has 0 amide bonds. The van der Waals surface area contributed by atoms with Gasteiger partial charge in [-0.25, -0.2) is 0 Å². The largest absolute Gasteiger partial charge is 0.492 e. The van der Waals surface area contributed by atoms with Crippen LogP contribution in [0.25, 0.3) is 16.5 Å². The van der Waals surface area contributed by atoms with Gasteiger partial charge in [-0.2, -0.15) is 9.50 Å². The average molecular weight is 418 g/mol. The van der Waals surface area contributed by atoms with Crippen LogP contribution in [0.3, 0.4) is 0 Å². The molecule has 0 radical (unpaired) electrons. The predicted octanol–water partition coefficient (Wildman–Crippen LogP) is 4.50. The van der Waals surface area contributed by atoms with Crippen LogP contribution in [0, 0.1) is 0 Å². The van der Waals surface area contributed by atoms with E-state index in [1.807, 2.05) is 12.1 Å². The first-order valence-corrected chi connectivity index (χ1v) is 10.6. The minimum atomic E-state index is -0.214. The third kappa shape index (κ3) is 2.76. The molecular weight excluding hydrogens is 400 g/mol. The Kier molecular flexibility index (Phi) is 4.00. The van der Waals surface area contributed by atoms with Gasteiger partial charge < -0.3 is 13.9 Å². The number of fused-ring (bicyclic) bond motifs is 2. The van der Waals surface area contributed by atoms with Gasteiger partial charge in [0.25, 0.3) is 0 Å². The number of hydrogen-bond acceptors (Lipinski definition) is 7. The highest BCUT2D eigenvalue weighted by molar-refractivity contribution is 7.17. The number of aromatic nitrogens is 3. The van der Waals surface area contributed by atoms with E-state index in [4.69, 9.17) is 8.83 Å². The van der Waals surface area contributed by atoms with E-state index in [0.29, 0.717) is 16.5 Å². The molecule has 5 heterocycles. The topological polar surface area (TPSA) is 79.9 Å². The number of hydrogen-bond donors (Lipinski definition) is 1. The predicted molar refractivity (Wildman–Crippen MR) is 111 cm³/mol. The van der Waals surface area contributed by atoms with Crippen LogP contribution in [0.15, 0.2) is 69.9 Å². The highest BCUT2D eigenvalue weighted by Gasteiger charge is 2.33. The van der Waals surface area contributed by atoms with Crippen molar-refractivity contribution in [3.63, 3.8) is 0 Å². The molecule has 0 fully saturated rings. The van der Waals surface area contributed by atoms with Crippen LogP contribution in [-0.4, -0.2) is 31.1 Å². The van der Waals surface area contributed by atoms with Gasteiger partial charge in [0.1, 0.15) is 11.8 Å². The van der Waals surface area contributed by atoms with Gasteiger partial charge in [-0.3, -0.25) is 4.90 Å². The molecular formula is C22H18N4O3S. The molecule has 7 nitrogen and oxygen atoms in total. The SMILES string of the molecule is Oc1c(C(c2ccco2)N2CCc3ccccc3C2)sc2nc(-c3ccco3)nn12. The van der Waals surface area contributed by atoms with Gasteiger partial charge in [0.15, 0.2) is 5.76 Å². The van der Waals surface area contributed by atoms with Crippen LogP contribution < -0.4 is 0 Å². The normalized spacial score (nSPS) is 15.5. The summed E-state index contributed by atoms with van der Waals surface area (Å²) in [4.78, 5) is 8.26. The molecule has 1 aliphatic heterocycles. The molecule has 0 bridgehead atoms. The van der Waals surface area contributed by atoms with E-state index >= 15 is 0 Å². The summed E-state index contributed by atoms with van der Waals surface area (Å²) < 4.78 is 12.7. The van der Waals surface area contributed by atoms with Crippen molar-refractivity contribution in [2.75, 3.05) is 6.54 Å². The number of benzene rings is 1. The van der Waals surface area contributed by atoms with Crippen molar-refractivity contribution in [1.29, 1.82) is 0 Å². The van der Waals surface area contributed by atoms with Gasteiger partial charge in [-0.05, 0) is 41.8 Å². The Hall–Kier alpha value is -3.36. The Labute approximate surface area is 175 Å². The lowest BCUT2D eigenvalue weighted by Crippen LogP contribution is -2.34. The maximum atomic E-state index is 11.1. The van der Waals surface area contributed by atoms with Gasteiger partial charge in [-0.15, -0.1) is 5.10 Å². The van der Waals surface area contributed by atoms with Crippen LogP contribution in [0.4, 0.5) is 0 Å². The summed E-state index contributed by atoms with van der Waals surface area (Å²) in [5.41, 5.74) is 2.68. The van der Waals surface area contributed by atoms with Crippen LogP contribution >= 0.6 is 11.3 Å². The van der Waals surface area contributed by atoms with E-state index in [-0.39, 0.29) is 11.9 Å². The third-order valence-electron chi connectivity index (χ3n) is 5.53. The van der Waals surface area contributed by atoms with Crippen molar-refractivity contribution in [3.8, 4) is 17.5 Å². The number of furan rings is 2. The summed E-state index contributed by atoms with van der Waals surface area (Å²) >= 11 is 1.42. The lowest BCUT2D eigenvalue weighted by Gasteiger charge is -2.34. The maximum absolute atomic E-state index is 11.1. The van der Waals surface area contributed by atoms with Crippen LogP contribution in [0.1, 0.15) is 27.8 Å². The molecule has 0 saturated heterocycles. The molecule has 150 valence electrons. The Morgan fingerprint density at radius 1 is 1.00 bits per heavy atom. The average Bonchev–Trinajstić information content (AvgIpc) is 3.56. The molecule has 1 N–H and O–H groups in total. The Morgan fingerprint density at radius 2 is 1.83 bits per heavy atom. The van der Waals surface area contributed by atoms with Gasteiger partial charge >= 0.3 is 0 Å². The molecule has 1 atom stereocenters. The molecule has 8 heteroatoms. The first-order chi connectivity index (χ1) is 14.8. The lowest BCUT2D eigenvalue weighted by molar-refractivity contribution is 0.185. The van der Waals surface area contributed by atoms with Crippen molar-refractivity contribution >= 4 is 16.3 Å². The van der Waals surface area contributed by atoms with Gasteiger partial charge in [0.05, 0.1) is 17.4 Å². The number of thiazole rings is 1. The van der Waals surface area contributed by atoms with E-state index in [1.165, 1.54) is 27.0 Å². The molecule has 0 saturated carbocycles. The van der Waals surface area contributed by atoms with E-state index < -0.39 is 0 Å². The zero-order chi connectivity index (χ0) is 20.1. The van der Waals surface area contributed by atoms with Crippen LogP contribution in [0.5, 0.6) is 5.88 Å². The number of nitrogens with zero attached hydrogens (tertiary/aromatic N) is 4. The lowest BCUT2D eigenvalue weighted by atomic mass is 9.97. The first kappa shape index (κ1) is 17.5. The summed E-state index contributed by atoms with van der Waals surface area (Å²) in [6.07, 6.45) is 4.21. The second kappa shape index (κ2) is 6.86. The monoisotopic (exact) mass is 418 g/mol. The smallest absolute Gasteiger partial charge is 0.230 e. The van der Waals surface area contributed by atoms with Crippen molar-refractivity contribution in [3.05, 3.63) is 82.8 Å². The number of aromatic hydroxyl groups is 1. The molecule has 30 heavy (non-hydrogen) atoms. The molecule has 0 aliphatic carbocycles. The third-order valence-corrected chi connectivity index (χ3v) is 6.60. The molecule has 5 aromatic rings. The van der Waals surface area contributed by atoms with Crippen molar-refractivity contribution < 1.29 is 13.9 Å². The quantitative estimate of drug-likeness (QED) is 0.463. The van der Waals surface area contributed by atoms with Gasteiger partial charge in [0.2, 0.25) is 16.7 Å². The Bertz CT molecular complexity index is 1300. The zero-order valence-electron chi connectivity index (χ0n) is 15.9. The summed E-state index contributed by atoms with van der Waals surface area (Å²) in [6, 6.07) is 15.7. The van der Waals surface area contributed by atoms with Crippen molar-refractivity contribution in [1.82, 2.24) is 19.5 Å². The maximum Gasteiger partial charge on any atom is 0.230 e. The highest BCUT2D eigenvalue weighted by Crippen LogP contribution is 2.42. The van der Waals surface area contributed by atoms with E-state index in [9.17, 15) is 5.11 Å². The second-order valence-corrected chi connectivity index (χ2v) is 8.31. The molecule has 1 aromatic carbocycles.